The molecule has 2 aromatic carbocycles. The quantitative estimate of drug-likeness (QED) is 0.156. The zero-order valence-corrected chi connectivity index (χ0v) is 39.2. The summed E-state index contributed by atoms with van der Waals surface area (Å²) in [5, 5.41) is 0. The molecule has 0 spiro atoms. The van der Waals surface area contributed by atoms with Crippen LogP contribution in [0.3, 0.4) is 0 Å². The SMILES string of the molecule is [Cl][Ru]([Cl])(=[C]1c2ccccc2-c2ccccc21)([PH](C1CCCCC1)(C1CCCCC1)C1CCCCC1)[PH](C1CCCCC1)(C1CCCCC1)C1CCCCC1. The molecule has 0 amide bonds. The molecule has 6 fully saturated rings. The molecule has 0 radical (unpaired) electrons. The first-order chi connectivity index (χ1) is 26.5. The van der Waals surface area contributed by atoms with E-state index in [-0.39, 0.29) is 0 Å². The van der Waals surface area contributed by atoms with E-state index in [0.29, 0.717) is 0 Å². The van der Waals surface area contributed by atoms with Crippen molar-refractivity contribution in [3.05, 3.63) is 59.7 Å². The van der Waals surface area contributed by atoms with Gasteiger partial charge in [-0.05, 0) is 0 Å². The van der Waals surface area contributed by atoms with Gasteiger partial charge in [0.25, 0.3) is 0 Å². The first-order valence-electron chi connectivity index (χ1n) is 23.8. The molecule has 2 aromatic rings. The Morgan fingerprint density at radius 2 is 0.519 bits per heavy atom. The number of hydrogen-bond acceptors (Lipinski definition) is 0. The van der Waals surface area contributed by atoms with E-state index in [0.717, 1.165) is 34.0 Å². The normalized spacial score (nSPS) is 26.9. The molecule has 7 aliphatic rings. The van der Waals surface area contributed by atoms with Crippen molar-refractivity contribution in [2.75, 3.05) is 0 Å². The van der Waals surface area contributed by atoms with E-state index in [1.807, 2.05) is 0 Å². The summed E-state index contributed by atoms with van der Waals surface area (Å²) in [6.07, 6.45) is 43.6. The molecule has 0 unspecified atom stereocenters. The van der Waals surface area contributed by atoms with Gasteiger partial charge in [-0.3, -0.25) is 0 Å². The summed E-state index contributed by atoms with van der Waals surface area (Å²) in [6.45, 7) is 0. The van der Waals surface area contributed by atoms with E-state index >= 15 is 0 Å². The summed E-state index contributed by atoms with van der Waals surface area (Å²) < 4.78 is 1.74. The van der Waals surface area contributed by atoms with E-state index in [4.69, 9.17) is 0 Å². The van der Waals surface area contributed by atoms with Gasteiger partial charge in [0.1, 0.15) is 0 Å². The van der Waals surface area contributed by atoms with E-state index in [1.165, 1.54) is 204 Å². The molecule has 0 aromatic heterocycles. The fourth-order valence-electron chi connectivity index (χ4n) is 15.6. The van der Waals surface area contributed by atoms with Gasteiger partial charge in [-0.15, -0.1) is 0 Å². The van der Waals surface area contributed by atoms with Gasteiger partial charge in [0.15, 0.2) is 0 Å². The summed E-state index contributed by atoms with van der Waals surface area (Å²) in [5.41, 5.74) is 6.10. The van der Waals surface area contributed by atoms with Gasteiger partial charge in [0.05, 0.1) is 0 Å². The summed E-state index contributed by atoms with van der Waals surface area (Å²) in [4.78, 5) is 0. The Hall–Kier alpha value is 0.373. The van der Waals surface area contributed by atoms with Gasteiger partial charge >= 0.3 is 342 Å². The predicted molar refractivity (Wildman–Crippen MR) is 245 cm³/mol. The Balaban J connectivity index is 1.53. The van der Waals surface area contributed by atoms with Crippen LogP contribution in [0.15, 0.2) is 48.5 Å². The van der Waals surface area contributed by atoms with Gasteiger partial charge in [-0.25, -0.2) is 0 Å². The fourth-order valence-corrected chi connectivity index (χ4v) is 126. The van der Waals surface area contributed by atoms with Crippen molar-refractivity contribution in [1.29, 1.82) is 0 Å². The number of fused-ring (bicyclic) bond motifs is 3. The zero-order chi connectivity index (χ0) is 36.7. The average molecular weight is 899 g/mol. The molecule has 0 aliphatic heterocycles. The van der Waals surface area contributed by atoms with Crippen LogP contribution in [0.2, 0.25) is 0 Å². The van der Waals surface area contributed by atoms with E-state index in [9.17, 15) is 19.4 Å². The topological polar surface area (TPSA) is 0 Å². The Kier molecular flexibility index (Phi) is 12.4. The Labute approximate surface area is 339 Å². The molecule has 0 N–H and O–H groups in total. The Morgan fingerprint density at radius 1 is 0.315 bits per heavy atom. The van der Waals surface area contributed by atoms with E-state index in [1.54, 1.807) is 15.2 Å². The Bertz CT molecular complexity index is 1450. The molecule has 0 heterocycles. The maximum atomic E-state index is 10.5. The first kappa shape index (κ1) is 39.8. The molecule has 5 heteroatoms. The molecule has 54 heavy (non-hydrogen) atoms. The van der Waals surface area contributed by atoms with Crippen LogP contribution in [-0.2, 0) is 10.2 Å². The van der Waals surface area contributed by atoms with Crippen LogP contribution < -0.4 is 0 Å². The van der Waals surface area contributed by atoms with Crippen LogP contribution in [0.1, 0.15) is 204 Å². The van der Waals surface area contributed by atoms with Crippen molar-refractivity contribution in [3.63, 3.8) is 0 Å². The van der Waals surface area contributed by atoms with Crippen molar-refractivity contribution in [3.8, 4) is 11.1 Å². The summed E-state index contributed by atoms with van der Waals surface area (Å²) in [7, 11) is 16.3. The third-order valence-corrected chi connectivity index (χ3v) is 92.4. The summed E-state index contributed by atoms with van der Waals surface area (Å²) in [6, 6.07) is 19.7. The van der Waals surface area contributed by atoms with E-state index < -0.39 is 21.4 Å². The Morgan fingerprint density at radius 3 is 0.741 bits per heavy atom. The predicted octanol–water partition coefficient (Wildman–Crippen LogP) is 16.6. The molecule has 0 nitrogen and oxygen atoms in total. The van der Waals surface area contributed by atoms with Crippen molar-refractivity contribution < 1.29 is 10.2 Å². The van der Waals surface area contributed by atoms with Crippen LogP contribution in [0, 0.1) is 0 Å². The third kappa shape index (κ3) is 6.11. The molecular formula is C49H76Cl2P2Ru. The summed E-state index contributed by atoms with van der Waals surface area (Å²) in [5.74, 6) is 0. The van der Waals surface area contributed by atoms with Gasteiger partial charge in [-0.2, -0.15) is 0 Å². The number of benzene rings is 2. The van der Waals surface area contributed by atoms with Crippen LogP contribution in [0.4, 0.5) is 0 Å². The minimum absolute atomic E-state index is 0.841. The second-order valence-corrected chi connectivity index (χ2v) is 64.2. The standard InChI is InChI=1S/2C18H33P.C13H8.2ClH.Ru/c2*1-4-10-16(11-5-1)19(17-12-6-2-7-13-17)18-14-8-3-9-15-18;1-3-7-12-10(5-1)9-11-6-2-4-8-13(11)12;;;/h2*16-18H,1-15H2;1-8H;2*1H;. The molecule has 0 atom stereocenters. The van der Waals surface area contributed by atoms with Crippen molar-refractivity contribution in [2.45, 2.75) is 227 Å². The van der Waals surface area contributed by atoms with Crippen LogP contribution >= 0.6 is 30.6 Å². The van der Waals surface area contributed by atoms with Crippen molar-refractivity contribution in [1.82, 2.24) is 0 Å². The fraction of sp³-hybridized carbons (Fsp3) is 0.735. The van der Waals surface area contributed by atoms with Gasteiger partial charge in [0.2, 0.25) is 0 Å². The second-order valence-electron chi connectivity index (χ2n) is 19.7. The van der Waals surface area contributed by atoms with E-state index in [2.05, 4.69) is 48.5 Å². The molecule has 0 bridgehead atoms. The third-order valence-electron chi connectivity index (χ3n) is 17.3. The molecule has 304 valence electrons. The van der Waals surface area contributed by atoms with Gasteiger partial charge in [0, 0.05) is 0 Å². The van der Waals surface area contributed by atoms with Gasteiger partial charge < -0.3 is 0 Å². The van der Waals surface area contributed by atoms with Crippen molar-refractivity contribution >= 4 is 34.7 Å². The van der Waals surface area contributed by atoms with Crippen LogP contribution in [-0.4, -0.2) is 38.1 Å². The minimum atomic E-state index is -4.78. The average Bonchev–Trinajstić information content (AvgIpc) is 3.59. The second kappa shape index (κ2) is 16.8. The van der Waals surface area contributed by atoms with Gasteiger partial charge in [-0.1, -0.05) is 0 Å². The summed E-state index contributed by atoms with van der Waals surface area (Å²) >= 11 is 0. The molecule has 7 aliphatic carbocycles. The first-order valence-corrected chi connectivity index (χ1v) is 38.6. The van der Waals surface area contributed by atoms with Crippen LogP contribution in [0.5, 0.6) is 0 Å². The number of rotatable bonds is 8. The van der Waals surface area contributed by atoms with Crippen LogP contribution in [0.25, 0.3) is 11.1 Å². The molecule has 0 saturated heterocycles. The molecule has 6 saturated carbocycles. The number of hydrogen-bond donors (Lipinski definition) is 0. The number of halogens is 2. The zero-order valence-electron chi connectivity index (χ0n) is 33.9. The maximum absolute atomic E-state index is 10.5. The molecular weight excluding hydrogens is 822 g/mol. The van der Waals surface area contributed by atoms with Crippen molar-refractivity contribution in [2.24, 2.45) is 0 Å². The monoisotopic (exact) mass is 898 g/mol. The molecule has 9 rings (SSSR count).